The lowest BCUT2D eigenvalue weighted by atomic mass is 10.2. The molecular weight excluding hydrogens is 200 g/mol. The molecule has 0 N–H and O–H groups in total. The lowest BCUT2D eigenvalue weighted by Gasteiger charge is -2.32. The molecule has 84 valence electrons. The lowest BCUT2D eigenvalue weighted by Crippen LogP contribution is -2.42. The van der Waals surface area contributed by atoms with Crippen LogP contribution in [-0.2, 0) is 0 Å². The van der Waals surface area contributed by atoms with Crippen LogP contribution in [-0.4, -0.2) is 36.0 Å². The number of benzene rings is 1. The van der Waals surface area contributed by atoms with Crippen molar-refractivity contribution in [1.29, 1.82) is 0 Å². The van der Waals surface area contributed by atoms with Crippen LogP contribution in [0.2, 0.25) is 0 Å². The van der Waals surface area contributed by atoms with E-state index < -0.39 is 0 Å². The first-order valence-electron chi connectivity index (χ1n) is 5.38. The van der Waals surface area contributed by atoms with Crippen molar-refractivity contribution in [2.75, 3.05) is 20.3 Å². The van der Waals surface area contributed by atoms with E-state index in [1.807, 2.05) is 54.1 Å². The van der Waals surface area contributed by atoms with Crippen LogP contribution in [0, 0.1) is 0 Å². The molecule has 0 radical (unpaired) electrons. The van der Waals surface area contributed by atoms with Crippen LogP contribution in [0.1, 0.15) is 17.3 Å². The summed E-state index contributed by atoms with van der Waals surface area (Å²) in [5, 5.41) is 0. The van der Waals surface area contributed by atoms with Crippen molar-refractivity contribution in [2.45, 2.75) is 6.92 Å². The zero-order valence-corrected chi connectivity index (χ0v) is 9.68. The van der Waals surface area contributed by atoms with Gasteiger partial charge < -0.3 is 9.80 Å². The lowest BCUT2D eigenvalue weighted by molar-refractivity contribution is 0.0687. The van der Waals surface area contributed by atoms with Crippen molar-refractivity contribution in [3.63, 3.8) is 0 Å². The molecule has 0 fully saturated rings. The van der Waals surface area contributed by atoms with Gasteiger partial charge in [-0.05, 0) is 24.6 Å². The van der Waals surface area contributed by atoms with Gasteiger partial charge in [-0.1, -0.05) is 18.2 Å². The Labute approximate surface area is 96.0 Å². The number of amides is 1. The Balaban J connectivity index is 2.15. The first kappa shape index (κ1) is 10.7. The predicted octanol–water partition coefficient (Wildman–Crippen LogP) is 1.94. The van der Waals surface area contributed by atoms with Crippen LogP contribution in [0.25, 0.3) is 0 Å². The quantitative estimate of drug-likeness (QED) is 0.716. The van der Waals surface area contributed by atoms with Crippen LogP contribution < -0.4 is 0 Å². The molecule has 1 aliphatic rings. The van der Waals surface area contributed by atoms with E-state index in [4.69, 9.17) is 0 Å². The van der Waals surface area contributed by atoms with Crippen molar-refractivity contribution >= 4 is 5.91 Å². The Morgan fingerprint density at radius 1 is 1.25 bits per heavy atom. The molecule has 0 spiro atoms. The third-order valence-corrected chi connectivity index (χ3v) is 2.58. The molecule has 0 bridgehead atoms. The van der Waals surface area contributed by atoms with Gasteiger partial charge in [0, 0.05) is 25.4 Å². The second-order valence-corrected chi connectivity index (χ2v) is 4.24. The molecule has 1 aliphatic heterocycles. The molecule has 3 nitrogen and oxygen atoms in total. The Morgan fingerprint density at radius 3 is 2.56 bits per heavy atom. The molecule has 0 saturated carbocycles. The Hall–Kier alpha value is -1.77. The summed E-state index contributed by atoms with van der Waals surface area (Å²) in [7, 11) is 1.98. The van der Waals surface area contributed by atoms with Gasteiger partial charge in [0.05, 0.1) is 6.67 Å². The van der Waals surface area contributed by atoms with Gasteiger partial charge in [0.2, 0.25) is 0 Å². The molecule has 1 aromatic carbocycles. The first-order chi connectivity index (χ1) is 7.66. The van der Waals surface area contributed by atoms with E-state index >= 15 is 0 Å². The van der Waals surface area contributed by atoms with E-state index in [1.54, 1.807) is 0 Å². The van der Waals surface area contributed by atoms with Crippen molar-refractivity contribution in [3.05, 3.63) is 47.7 Å². The van der Waals surface area contributed by atoms with Gasteiger partial charge in [-0.25, -0.2) is 0 Å². The number of nitrogens with zero attached hydrogens (tertiary/aromatic N) is 2. The number of hydrogen-bond acceptors (Lipinski definition) is 2. The zero-order chi connectivity index (χ0) is 11.5. The minimum absolute atomic E-state index is 0.0971. The van der Waals surface area contributed by atoms with Crippen LogP contribution in [0.4, 0.5) is 0 Å². The Kier molecular flexibility index (Phi) is 2.95. The van der Waals surface area contributed by atoms with E-state index in [9.17, 15) is 4.79 Å². The van der Waals surface area contributed by atoms with Crippen LogP contribution in [0.5, 0.6) is 0 Å². The molecule has 0 aliphatic carbocycles. The molecule has 1 heterocycles. The van der Waals surface area contributed by atoms with E-state index in [0.29, 0.717) is 6.67 Å². The second-order valence-electron chi connectivity index (χ2n) is 4.24. The second kappa shape index (κ2) is 4.39. The topological polar surface area (TPSA) is 23.6 Å². The van der Waals surface area contributed by atoms with E-state index in [0.717, 1.165) is 12.1 Å². The highest BCUT2D eigenvalue weighted by molar-refractivity contribution is 5.94. The highest BCUT2D eigenvalue weighted by atomic mass is 16.2. The minimum atomic E-state index is 0.0971. The van der Waals surface area contributed by atoms with Gasteiger partial charge in [-0.3, -0.25) is 4.79 Å². The largest absolute Gasteiger partial charge is 0.363 e. The minimum Gasteiger partial charge on any atom is -0.363 e. The normalized spacial score (nSPS) is 16.0. The fraction of sp³-hybridized carbons (Fsp3) is 0.308. The summed E-state index contributed by atoms with van der Waals surface area (Å²) < 4.78 is 0. The van der Waals surface area contributed by atoms with Crippen molar-refractivity contribution in [3.8, 4) is 0 Å². The smallest absolute Gasteiger partial charge is 0.255 e. The Bertz CT molecular complexity index is 411. The molecule has 0 saturated heterocycles. The van der Waals surface area contributed by atoms with Gasteiger partial charge in [-0.2, -0.15) is 0 Å². The predicted molar refractivity (Wildman–Crippen MR) is 63.9 cm³/mol. The maximum absolute atomic E-state index is 12.2. The number of hydrogen-bond donors (Lipinski definition) is 0. The Morgan fingerprint density at radius 2 is 1.94 bits per heavy atom. The van der Waals surface area contributed by atoms with Gasteiger partial charge >= 0.3 is 0 Å². The molecule has 0 unspecified atom stereocenters. The van der Waals surface area contributed by atoms with E-state index in [-0.39, 0.29) is 5.91 Å². The van der Waals surface area contributed by atoms with Crippen LogP contribution in [0.15, 0.2) is 42.1 Å². The zero-order valence-electron chi connectivity index (χ0n) is 9.68. The van der Waals surface area contributed by atoms with Crippen LogP contribution >= 0.6 is 0 Å². The highest BCUT2D eigenvalue weighted by Gasteiger charge is 2.19. The van der Waals surface area contributed by atoms with E-state index in [2.05, 4.69) is 6.20 Å². The average molecular weight is 216 g/mol. The van der Waals surface area contributed by atoms with Gasteiger partial charge in [0.15, 0.2) is 0 Å². The highest BCUT2D eigenvalue weighted by Crippen LogP contribution is 2.12. The van der Waals surface area contributed by atoms with Crippen molar-refractivity contribution in [2.24, 2.45) is 0 Å². The first-order valence-corrected chi connectivity index (χ1v) is 5.38. The number of carbonyl (C=O) groups is 1. The molecular formula is C13H16N2O. The molecule has 1 amide bonds. The molecule has 1 aromatic rings. The SMILES string of the molecule is CC1=CN(C)CN(C(=O)c2ccccc2)C1. The fourth-order valence-electron chi connectivity index (χ4n) is 1.98. The third kappa shape index (κ3) is 2.24. The standard InChI is InChI=1S/C13H16N2O/c1-11-8-14(2)10-15(9-11)13(16)12-6-4-3-5-7-12/h3-8H,9-10H2,1-2H3. The summed E-state index contributed by atoms with van der Waals surface area (Å²) in [6, 6.07) is 9.42. The summed E-state index contributed by atoms with van der Waals surface area (Å²) in [5.74, 6) is 0.0971. The van der Waals surface area contributed by atoms with E-state index in [1.165, 1.54) is 5.57 Å². The van der Waals surface area contributed by atoms with Crippen molar-refractivity contribution < 1.29 is 4.79 Å². The van der Waals surface area contributed by atoms with Gasteiger partial charge in [-0.15, -0.1) is 0 Å². The number of carbonyl (C=O) groups excluding carboxylic acids is 1. The van der Waals surface area contributed by atoms with Crippen molar-refractivity contribution in [1.82, 2.24) is 9.80 Å². The molecule has 16 heavy (non-hydrogen) atoms. The molecule has 0 atom stereocenters. The summed E-state index contributed by atoms with van der Waals surface area (Å²) in [5.41, 5.74) is 1.96. The molecule has 3 heteroatoms. The van der Waals surface area contributed by atoms with Crippen LogP contribution in [0.3, 0.4) is 0 Å². The average Bonchev–Trinajstić information content (AvgIpc) is 2.28. The summed E-state index contributed by atoms with van der Waals surface area (Å²) in [6.45, 7) is 3.42. The fourth-order valence-corrected chi connectivity index (χ4v) is 1.98. The summed E-state index contributed by atoms with van der Waals surface area (Å²) >= 11 is 0. The molecule has 0 aromatic heterocycles. The third-order valence-electron chi connectivity index (χ3n) is 2.58. The molecule has 2 rings (SSSR count). The maximum Gasteiger partial charge on any atom is 0.255 e. The monoisotopic (exact) mass is 216 g/mol. The number of rotatable bonds is 1. The summed E-state index contributed by atoms with van der Waals surface area (Å²) in [6.07, 6.45) is 2.08. The summed E-state index contributed by atoms with van der Waals surface area (Å²) in [4.78, 5) is 16.0. The van der Waals surface area contributed by atoms with Gasteiger partial charge in [0.25, 0.3) is 5.91 Å². The van der Waals surface area contributed by atoms with Gasteiger partial charge in [0.1, 0.15) is 0 Å². The maximum atomic E-state index is 12.2.